The van der Waals surface area contributed by atoms with E-state index in [1.807, 2.05) is 5.43 Å². The highest BCUT2D eigenvalue weighted by molar-refractivity contribution is 5.79. The van der Waals surface area contributed by atoms with Gasteiger partial charge in [-0.3, -0.25) is 10.2 Å². The zero-order valence-electron chi connectivity index (χ0n) is 8.30. The lowest BCUT2D eigenvalue weighted by atomic mass is 10.3. The molecule has 0 saturated heterocycles. The Morgan fingerprint density at radius 3 is 2.80 bits per heavy atom. The minimum absolute atomic E-state index is 0.288. The van der Waals surface area contributed by atoms with Gasteiger partial charge < -0.3 is 10.1 Å². The van der Waals surface area contributed by atoms with Crippen LogP contribution in [0.15, 0.2) is 6.07 Å². The summed E-state index contributed by atoms with van der Waals surface area (Å²) in [4.78, 5) is 21.0. The number of hydrogen-bond acceptors (Lipinski definition) is 5. The van der Waals surface area contributed by atoms with Gasteiger partial charge in [-0.1, -0.05) is 0 Å². The summed E-state index contributed by atoms with van der Waals surface area (Å²) in [6.45, 7) is 3.17. The number of nitrogens with one attached hydrogen (secondary N) is 1. The quantitative estimate of drug-likeness (QED) is 0.308. The molecule has 8 heteroatoms. The fourth-order valence-electron chi connectivity index (χ4n) is 1.18. The molecule has 0 bridgehead atoms. The van der Waals surface area contributed by atoms with E-state index in [9.17, 15) is 14.9 Å². The van der Waals surface area contributed by atoms with E-state index < -0.39 is 16.9 Å². The van der Waals surface area contributed by atoms with Gasteiger partial charge in [-0.25, -0.2) is 5.84 Å². The number of amides is 1. The van der Waals surface area contributed by atoms with Crippen LogP contribution < -0.4 is 11.3 Å². The smallest absolute Gasteiger partial charge is 0.358 e. The molecular formula is C7H11N5O3. The molecule has 1 rings (SSSR count). The first-order valence-electron chi connectivity index (χ1n) is 4.18. The predicted octanol–water partition coefficient (Wildman–Crippen LogP) is -0.349. The van der Waals surface area contributed by atoms with Crippen LogP contribution in [0.1, 0.15) is 18.7 Å². The lowest BCUT2D eigenvalue weighted by Gasteiger charge is -2.07. The van der Waals surface area contributed by atoms with Crippen LogP contribution in [0.25, 0.3) is 0 Å². The second-order valence-electron chi connectivity index (χ2n) is 3.03. The molecule has 3 N–H and O–H groups in total. The minimum atomic E-state index is -0.677. The van der Waals surface area contributed by atoms with Gasteiger partial charge in [0.1, 0.15) is 0 Å². The maximum absolute atomic E-state index is 11.2. The fourth-order valence-corrected chi connectivity index (χ4v) is 1.18. The van der Waals surface area contributed by atoms with Gasteiger partial charge >= 0.3 is 5.82 Å². The van der Waals surface area contributed by atoms with E-state index in [0.717, 1.165) is 0 Å². The molecule has 0 fully saturated rings. The highest BCUT2D eigenvalue weighted by Gasteiger charge is 2.23. The summed E-state index contributed by atoms with van der Waals surface area (Å²) in [6.07, 6.45) is 0. The van der Waals surface area contributed by atoms with E-state index >= 15 is 0 Å². The summed E-state index contributed by atoms with van der Waals surface area (Å²) >= 11 is 0. The predicted molar refractivity (Wildman–Crippen MR) is 50.7 cm³/mol. The Labute approximate surface area is 85.2 Å². The monoisotopic (exact) mass is 213 g/mol. The first kappa shape index (κ1) is 11.1. The zero-order valence-corrected chi connectivity index (χ0v) is 8.30. The number of aryl methyl sites for hydroxylation is 1. The number of nitrogens with zero attached hydrogens (tertiary/aromatic N) is 3. The third-order valence-electron chi connectivity index (χ3n) is 1.99. The van der Waals surface area contributed by atoms with Gasteiger partial charge in [-0.05, 0) is 18.8 Å². The molecule has 0 aliphatic heterocycles. The highest BCUT2D eigenvalue weighted by Crippen LogP contribution is 2.15. The van der Waals surface area contributed by atoms with Crippen molar-refractivity contribution in [2.45, 2.75) is 19.9 Å². The van der Waals surface area contributed by atoms with Gasteiger partial charge in [0.2, 0.25) is 0 Å². The molecular weight excluding hydrogens is 202 g/mol. The summed E-state index contributed by atoms with van der Waals surface area (Å²) in [7, 11) is 0. The number of carbonyl (C=O) groups is 1. The molecule has 0 radical (unpaired) electrons. The number of rotatable bonds is 3. The van der Waals surface area contributed by atoms with E-state index in [0.29, 0.717) is 5.69 Å². The van der Waals surface area contributed by atoms with Crippen LogP contribution >= 0.6 is 0 Å². The largest absolute Gasteiger partial charge is 0.390 e. The average molecular weight is 213 g/mol. The van der Waals surface area contributed by atoms with E-state index in [4.69, 9.17) is 5.84 Å². The van der Waals surface area contributed by atoms with Crippen molar-refractivity contribution in [3.8, 4) is 0 Å². The van der Waals surface area contributed by atoms with Crippen molar-refractivity contribution in [3.05, 3.63) is 21.9 Å². The van der Waals surface area contributed by atoms with Crippen LogP contribution in [0.3, 0.4) is 0 Å². The van der Waals surface area contributed by atoms with Crippen LogP contribution in [-0.2, 0) is 4.79 Å². The summed E-state index contributed by atoms with van der Waals surface area (Å²) < 4.78 is 1.25. The number of hydrazine groups is 1. The molecule has 1 heterocycles. The van der Waals surface area contributed by atoms with Crippen LogP contribution in [0.4, 0.5) is 5.82 Å². The molecule has 0 saturated carbocycles. The molecule has 0 spiro atoms. The second-order valence-corrected chi connectivity index (χ2v) is 3.03. The topological polar surface area (TPSA) is 116 Å². The van der Waals surface area contributed by atoms with Gasteiger partial charge in [0.25, 0.3) is 5.91 Å². The van der Waals surface area contributed by atoms with Crippen molar-refractivity contribution in [1.29, 1.82) is 0 Å². The van der Waals surface area contributed by atoms with Gasteiger partial charge in [-0.2, -0.15) is 4.68 Å². The molecule has 0 aliphatic carbocycles. The van der Waals surface area contributed by atoms with Crippen molar-refractivity contribution < 1.29 is 9.72 Å². The van der Waals surface area contributed by atoms with Crippen LogP contribution in [0, 0.1) is 17.0 Å². The summed E-state index contributed by atoms with van der Waals surface area (Å²) in [6, 6.07) is 0.615. The lowest BCUT2D eigenvalue weighted by molar-refractivity contribution is -0.389. The van der Waals surface area contributed by atoms with Crippen molar-refractivity contribution in [2.75, 3.05) is 0 Å². The van der Waals surface area contributed by atoms with E-state index in [1.54, 1.807) is 13.8 Å². The Kier molecular flexibility index (Phi) is 3.00. The average Bonchev–Trinajstić information content (AvgIpc) is 2.58. The maximum Gasteiger partial charge on any atom is 0.390 e. The normalized spacial score (nSPS) is 12.2. The maximum atomic E-state index is 11.2. The first-order valence-corrected chi connectivity index (χ1v) is 4.18. The Morgan fingerprint density at radius 2 is 2.40 bits per heavy atom. The van der Waals surface area contributed by atoms with E-state index in [1.165, 1.54) is 10.7 Å². The summed E-state index contributed by atoms with van der Waals surface area (Å²) in [5.74, 6) is 4.20. The van der Waals surface area contributed by atoms with Crippen molar-refractivity contribution in [3.63, 3.8) is 0 Å². The fraction of sp³-hybridized carbons (Fsp3) is 0.429. The Morgan fingerprint density at radius 1 is 1.80 bits per heavy atom. The Hall–Kier alpha value is -1.96. The molecule has 0 aromatic carbocycles. The molecule has 15 heavy (non-hydrogen) atoms. The SMILES string of the molecule is Cc1cc([N+](=O)[O-])nn1[C@@H](C)C(=O)NN. The van der Waals surface area contributed by atoms with Crippen molar-refractivity contribution >= 4 is 11.7 Å². The first-order chi connectivity index (χ1) is 6.97. The number of hydrogen-bond donors (Lipinski definition) is 2. The van der Waals surface area contributed by atoms with Gasteiger partial charge in [0, 0.05) is 0 Å². The molecule has 1 aromatic heterocycles. The van der Waals surface area contributed by atoms with Crippen molar-refractivity contribution in [1.82, 2.24) is 15.2 Å². The Balaban J connectivity index is 3.04. The highest BCUT2D eigenvalue weighted by atomic mass is 16.6. The third kappa shape index (κ3) is 2.10. The zero-order chi connectivity index (χ0) is 11.6. The molecule has 8 nitrogen and oxygen atoms in total. The summed E-state index contributed by atoms with van der Waals surface area (Å²) in [5, 5.41) is 14.1. The van der Waals surface area contributed by atoms with E-state index in [-0.39, 0.29) is 5.82 Å². The van der Waals surface area contributed by atoms with Gasteiger partial charge in [0.15, 0.2) is 6.04 Å². The molecule has 1 aromatic rings. The molecule has 1 atom stereocenters. The molecule has 0 unspecified atom stereocenters. The lowest BCUT2D eigenvalue weighted by Crippen LogP contribution is -2.36. The standard InChI is InChI=1S/C7H11N5O3/c1-4-3-6(12(14)15)10-11(4)5(2)7(13)9-8/h3,5H,8H2,1-2H3,(H,9,13)/t5-/m0/s1. The number of nitro groups is 1. The third-order valence-corrected chi connectivity index (χ3v) is 1.99. The van der Waals surface area contributed by atoms with Gasteiger partial charge in [0.05, 0.1) is 16.9 Å². The van der Waals surface area contributed by atoms with Crippen LogP contribution in [-0.4, -0.2) is 20.6 Å². The molecule has 0 aliphatic rings. The van der Waals surface area contributed by atoms with Crippen LogP contribution in [0.2, 0.25) is 0 Å². The molecule has 1 amide bonds. The van der Waals surface area contributed by atoms with Gasteiger partial charge in [-0.15, -0.1) is 0 Å². The molecule has 82 valence electrons. The number of carbonyl (C=O) groups excluding carboxylic acids is 1. The number of aromatic nitrogens is 2. The van der Waals surface area contributed by atoms with Crippen molar-refractivity contribution in [2.24, 2.45) is 5.84 Å². The van der Waals surface area contributed by atoms with Crippen LogP contribution in [0.5, 0.6) is 0 Å². The number of nitrogens with two attached hydrogens (primary N) is 1. The summed E-state index contributed by atoms with van der Waals surface area (Å²) in [5.41, 5.74) is 2.49. The second kappa shape index (κ2) is 4.05. The van der Waals surface area contributed by atoms with E-state index in [2.05, 4.69) is 5.10 Å². The Bertz CT molecular complexity index is 399. The minimum Gasteiger partial charge on any atom is -0.358 e.